The first kappa shape index (κ1) is 22.0. The molecule has 5 rings (SSSR count). The highest BCUT2D eigenvalue weighted by Crippen LogP contribution is 2.34. The average Bonchev–Trinajstić information content (AvgIpc) is 3.60. The molecule has 1 atom stereocenters. The Bertz CT molecular complexity index is 1130. The van der Waals surface area contributed by atoms with Gasteiger partial charge in [-0.05, 0) is 30.5 Å². The molecule has 1 saturated heterocycles. The van der Waals surface area contributed by atoms with E-state index < -0.39 is 0 Å². The molecular formula is C23H25N5O3S2. The zero-order valence-electron chi connectivity index (χ0n) is 18.3. The average molecular weight is 484 g/mol. The summed E-state index contributed by atoms with van der Waals surface area (Å²) in [6.45, 7) is 4.75. The number of thiazole rings is 1. The van der Waals surface area contributed by atoms with Crippen LogP contribution in [0.2, 0.25) is 0 Å². The van der Waals surface area contributed by atoms with E-state index in [9.17, 15) is 9.59 Å². The molecule has 33 heavy (non-hydrogen) atoms. The highest BCUT2D eigenvalue weighted by molar-refractivity contribution is 7.12. The standard InChI is InChI=1S/C23H25N5O3S2/c1-16-15-33-21(24-16)13-22(29)27-8-6-26(7-9-27)14-23(30)28-18(19-4-2-10-31-19)12-17(25-28)20-5-3-11-32-20/h2-5,10-11,15,18H,6-9,12-14H2,1H3. The number of nitrogens with zero attached hydrogens (tertiary/aromatic N) is 5. The van der Waals surface area contributed by atoms with Crippen molar-refractivity contribution < 1.29 is 14.0 Å². The Balaban J connectivity index is 1.19. The summed E-state index contributed by atoms with van der Waals surface area (Å²) in [6, 6.07) is 7.52. The Morgan fingerprint density at radius 2 is 1.97 bits per heavy atom. The van der Waals surface area contributed by atoms with Gasteiger partial charge in [-0.15, -0.1) is 22.7 Å². The molecule has 0 radical (unpaired) electrons. The van der Waals surface area contributed by atoms with Crippen molar-refractivity contribution >= 4 is 40.2 Å². The smallest absolute Gasteiger partial charge is 0.257 e. The summed E-state index contributed by atoms with van der Waals surface area (Å²) >= 11 is 3.15. The van der Waals surface area contributed by atoms with Crippen LogP contribution in [0.1, 0.15) is 33.8 Å². The van der Waals surface area contributed by atoms with Crippen molar-refractivity contribution in [2.24, 2.45) is 5.10 Å². The van der Waals surface area contributed by atoms with Gasteiger partial charge in [0.05, 0.1) is 29.8 Å². The molecule has 0 saturated carbocycles. The minimum Gasteiger partial charge on any atom is -0.467 e. The SMILES string of the molecule is Cc1csc(CC(=O)N2CCN(CC(=O)N3N=C(c4cccs4)CC3c3ccco3)CC2)n1. The van der Waals surface area contributed by atoms with E-state index in [0.717, 1.165) is 27.1 Å². The van der Waals surface area contributed by atoms with E-state index in [-0.39, 0.29) is 24.4 Å². The lowest BCUT2D eigenvalue weighted by molar-refractivity contribution is -0.136. The van der Waals surface area contributed by atoms with Gasteiger partial charge in [0.1, 0.15) is 16.8 Å². The molecule has 2 aliphatic heterocycles. The molecule has 0 aliphatic carbocycles. The van der Waals surface area contributed by atoms with Gasteiger partial charge in [0.25, 0.3) is 5.91 Å². The quantitative estimate of drug-likeness (QED) is 0.538. The van der Waals surface area contributed by atoms with Crippen LogP contribution in [0.15, 0.2) is 50.8 Å². The maximum absolute atomic E-state index is 13.2. The molecule has 3 aromatic rings. The molecule has 5 heterocycles. The van der Waals surface area contributed by atoms with Gasteiger partial charge in [-0.1, -0.05) is 6.07 Å². The number of furan rings is 1. The van der Waals surface area contributed by atoms with Crippen LogP contribution < -0.4 is 0 Å². The molecule has 1 fully saturated rings. The third-order valence-electron chi connectivity index (χ3n) is 5.90. The van der Waals surface area contributed by atoms with E-state index in [1.165, 1.54) is 11.3 Å². The number of hydrazone groups is 1. The molecular weight excluding hydrogens is 458 g/mol. The van der Waals surface area contributed by atoms with Gasteiger partial charge in [-0.3, -0.25) is 14.5 Å². The predicted octanol–water partition coefficient (Wildman–Crippen LogP) is 3.17. The van der Waals surface area contributed by atoms with Crippen molar-refractivity contribution in [2.75, 3.05) is 32.7 Å². The lowest BCUT2D eigenvalue weighted by atomic mass is 10.1. The van der Waals surface area contributed by atoms with E-state index >= 15 is 0 Å². The van der Waals surface area contributed by atoms with Crippen LogP contribution in [0, 0.1) is 6.92 Å². The molecule has 2 aliphatic rings. The summed E-state index contributed by atoms with van der Waals surface area (Å²) in [4.78, 5) is 35.3. The van der Waals surface area contributed by atoms with Gasteiger partial charge >= 0.3 is 0 Å². The third-order valence-corrected chi connectivity index (χ3v) is 7.78. The summed E-state index contributed by atoms with van der Waals surface area (Å²) in [5.41, 5.74) is 1.86. The number of aryl methyl sites for hydroxylation is 1. The monoisotopic (exact) mass is 483 g/mol. The zero-order valence-corrected chi connectivity index (χ0v) is 20.0. The van der Waals surface area contributed by atoms with Crippen LogP contribution in [-0.4, -0.2) is 70.0 Å². The van der Waals surface area contributed by atoms with Gasteiger partial charge < -0.3 is 9.32 Å². The van der Waals surface area contributed by atoms with Crippen LogP contribution in [0.4, 0.5) is 0 Å². The van der Waals surface area contributed by atoms with Crippen LogP contribution in [0.25, 0.3) is 0 Å². The third kappa shape index (κ3) is 4.92. The second kappa shape index (κ2) is 9.58. The number of aromatic nitrogens is 1. The number of hydrogen-bond donors (Lipinski definition) is 0. The fourth-order valence-electron chi connectivity index (χ4n) is 4.18. The zero-order chi connectivity index (χ0) is 22.8. The van der Waals surface area contributed by atoms with Crippen molar-refractivity contribution in [3.8, 4) is 0 Å². The molecule has 8 nitrogen and oxygen atoms in total. The van der Waals surface area contributed by atoms with Crippen molar-refractivity contribution in [3.05, 3.63) is 62.6 Å². The molecule has 1 unspecified atom stereocenters. The number of thiophene rings is 1. The Morgan fingerprint density at radius 1 is 1.12 bits per heavy atom. The van der Waals surface area contributed by atoms with E-state index in [4.69, 9.17) is 4.42 Å². The fraction of sp³-hybridized carbons (Fsp3) is 0.391. The minimum absolute atomic E-state index is 0.0546. The van der Waals surface area contributed by atoms with E-state index in [1.807, 2.05) is 46.8 Å². The first-order chi connectivity index (χ1) is 16.1. The molecule has 0 spiro atoms. The van der Waals surface area contributed by atoms with Gasteiger partial charge in [0, 0.05) is 43.7 Å². The maximum atomic E-state index is 13.2. The van der Waals surface area contributed by atoms with Crippen molar-refractivity contribution in [1.82, 2.24) is 19.8 Å². The first-order valence-electron chi connectivity index (χ1n) is 10.9. The topological polar surface area (TPSA) is 82.3 Å². The number of hydrogen-bond acceptors (Lipinski definition) is 8. The molecule has 0 bridgehead atoms. The van der Waals surface area contributed by atoms with Gasteiger partial charge in [0.2, 0.25) is 5.91 Å². The molecule has 0 aromatic carbocycles. The second-order valence-corrected chi connectivity index (χ2v) is 10.1. The van der Waals surface area contributed by atoms with Crippen molar-refractivity contribution in [3.63, 3.8) is 0 Å². The Hall–Kier alpha value is -2.82. The number of carbonyl (C=O) groups is 2. The number of amides is 2. The Morgan fingerprint density at radius 3 is 2.64 bits per heavy atom. The molecule has 3 aromatic heterocycles. The second-order valence-electron chi connectivity index (χ2n) is 8.21. The van der Waals surface area contributed by atoms with E-state index in [1.54, 1.807) is 22.6 Å². The van der Waals surface area contributed by atoms with E-state index in [0.29, 0.717) is 39.0 Å². The minimum atomic E-state index is -0.228. The highest BCUT2D eigenvalue weighted by Gasteiger charge is 2.36. The summed E-state index contributed by atoms with van der Waals surface area (Å²) in [7, 11) is 0. The van der Waals surface area contributed by atoms with Gasteiger partial charge in [0.15, 0.2) is 0 Å². The summed E-state index contributed by atoms with van der Waals surface area (Å²) in [5, 5.41) is 11.1. The largest absolute Gasteiger partial charge is 0.467 e. The molecule has 172 valence electrons. The molecule has 2 amide bonds. The van der Waals surface area contributed by atoms with E-state index in [2.05, 4.69) is 15.0 Å². The lowest BCUT2D eigenvalue weighted by Crippen LogP contribution is -2.51. The van der Waals surface area contributed by atoms with Crippen LogP contribution in [0.3, 0.4) is 0 Å². The van der Waals surface area contributed by atoms with Crippen LogP contribution in [0.5, 0.6) is 0 Å². The van der Waals surface area contributed by atoms with Crippen LogP contribution >= 0.6 is 22.7 Å². The normalized spacial score (nSPS) is 19.2. The Labute approximate surface area is 200 Å². The van der Waals surface area contributed by atoms with Crippen molar-refractivity contribution in [2.45, 2.75) is 25.8 Å². The fourth-order valence-corrected chi connectivity index (χ4v) is 5.66. The summed E-state index contributed by atoms with van der Waals surface area (Å²) < 4.78 is 5.62. The van der Waals surface area contributed by atoms with Crippen LogP contribution in [-0.2, 0) is 16.0 Å². The van der Waals surface area contributed by atoms with Gasteiger partial charge in [-0.25, -0.2) is 9.99 Å². The number of rotatable bonds is 6. The van der Waals surface area contributed by atoms with Gasteiger partial charge in [-0.2, -0.15) is 5.10 Å². The van der Waals surface area contributed by atoms with Crippen molar-refractivity contribution in [1.29, 1.82) is 0 Å². The lowest BCUT2D eigenvalue weighted by Gasteiger charge is -2.35. The molecule has 0 N–H and O–H groups in total. The number of piperazine rings is 1. The summed E-state index contributed by atoms with van der Waals surface area (Å²) in [5.74, 6) is 0.783. The molecule has 10 heteroatoms. The first-order valence-corrected chi connectivity index (χ1v) is 12.7. The predicted molar refractivity (Wildman–Crippen MR) is 127 cm³/mol. The Kier molecular flexibility index (Phi) is 6.39. The highest BCUT2D eigenvalue weighted by atomic mass is 32.1. The summed E-state index contributed by atoms with van der Waals surface area (Å²) in [6.07, 6.45) is 2.61. The maximum Gasteiger partial charge on any atom is 0.257 e. The number of carbonyl (C=O) groups excluding carboxylic acids is 2.